The summed E-state index contributed by atoms with van der Waals surface area (Å²) in [5, 5.41) is 0. The zero-order valence-electron chi connectivity index (χ0n) is 9.83. The van der Waals surface area contributed by atoms with E-state index in [1.165, 1.54) is 23.0 Å². The molecular formula is C13H20BrN. The van der Waals surface area contributed by atoms with Crippen molar-refractivity contribution in [1.82, 2.24) is 4.90 Å². The molecule has 1 rings (SSSR count). The van der Waals surface area contributed by atoms with Gasteiger partial charge in [-0.3, -0.25) is 4.90 Å². The lowest BCUT2D eigenvalue weighted by Gasteiger charge is -2.26. The monoisotopic (exact) mass is 269 g/mol. The molecule has 0 fully saturated rings. The summed E-state index contributed by atoms with van der Waals surface area (Å²) in [6, 6.07) is 9.07. The van der Waals surface area contributed by atoms with E-state index in [9.17, 15) is 0 Å². The van der Waals surface area contributed by atoms with Crippen LogP contribution in [-0.2, 0) is 6.54 Å². The van der Waals surface area contributed by atoms with Crippen LogP contribution in [0, 0.1) is 0 Å². The minimum Gasteiger partial charge on any atom is -0.297 e. The fourth-order valence-electron chi connectivity index (χ4n) is 1.65. The van der Waals surface area contributed by atoms with Crippen LogP contribution in [0.3, 0.4) is 0 Å². The summed E-state index contributed by atoms with van der Waals surface area (Å²) in [6.07, 6.45) is 1.21. The van der Waals surface area contributed by atoms with Crippen LogP contribution in [0.5, 0.6) is 0 Å². The Morgan fingerprint density at radius 1 is 1.27 bits per heavy atom. The number of hydrogen-bond donors (Lipinski definition) is 0. The van der Waals surface area contributed by atoms with E-state index in [0.717, 1.165) is 6.54 Å². The first-order valence-corrected chi connectivity index (χ1v) is 6.42. The molecule has 1 nitrogen and oxygen atoms in total. The lowest BCUT2D eigenvalue weighted by molar-refractivity contribution is 0.213. The quantitative estimate of drug-likeness (QED) is 0.779. The number of hydrogen-bond acceptors (Lipinski definition) is 1. The molecule has 0 saturated carbocycles. The minimum absolute atomic E-state index is 0.608. The fourth-order valence-corrected chi connectivity index (χ4v) is 2.06. The molecule has 0 aliphatic carbocycles. The van der Waals surface area contributed by atoms with Crippen molar-refractivity contribution in [3.05, 3.63) is 34.3 Å². The van der Waals surface area contributed by atoms with Crippen molar-refractivity contribution in [3.63, 3.8) is 0 Å². The van der Waals surface area contributed by atoms with Gasteiger partial charge in [-0.1, -0.05) is 41.1 Å². The molecule has 0 saturated heterocycles. The Morgan fingerprint density at radius 3 is 2.47 bits per heavy atom. The summed E-state index contributed by atoms with van der Waals surface area (Å²) >= 11 is 3.60. The molecule has 1 aromatic carbocycles. The van der Waals surface area contributed by atoms with Gasteiger partial charge in [0.2, 0.25) is 0 Å². The molecule has 15 heavy (non-hydrogen) atoms. The molecule has 1 aromatic rings. The van der Waals surface area contributed by atoms with Crippen LogP contribution in [0.4, 0.5) is 0 Å². The van der Waals surface area contributed by atoms with Crippen LogP contribution >= 0.6 is 15.9 Å². The average Bonchev–Trinajstić information content (AvgIpc) is 2.20. The molecule has 0 aliphatic rings. The third kappa shape index (κ3) is 3.96. The molecule has 0 unspecified atom stereocenters. The highest BCUT2D eigenvalue weighted by Gasteiger charge is 2.10. The predicted octanol–water partition coefficient (Wildman–Crippen LogP) is 4.07. The van der Waals surface area contributed by atoms with Gasteiger partial charge in [-0.05, 0) is 38.4 Å². The molecule has 0 atom stereocenters. The van der Waals surface area contributed by atoms with Gasteiger partial charge in [0.05, 0.1) is 0 Å². The fraction of sp³-hybridized carbons (Fsp3) is 0.538. The van der Waals surface area contributed by atoms with E-state index in [4.69, 9.17) is 0 Å². The van der Waals surface area contributed by atoms with Crippen molar-refractivity contribution >= 4 is 15.9 Å². The summed E-state index contributed by atoms with van der Waals surface area (Å²) in [7, 11) is 0. The second-order valence-corrected chi connectivity index (χ2v) is 5.01. The summed E-state index contributed by atoms with van der Waals surface area (Å²) in [4.78, 5) is 2.50. The van der Waals surface area contributed by atoms with E-state index in [1.54, 1.807) is 0 Å². The smallest absolute Gasteiger partial charge is 0.0247 e. The number of benzene rings is 1. The Kier molecular flexibility index (Phi) is 5.34. The molecule has 0 N–H and O–H groups in total. The average molecular weight is 270 g/mol. The van der Waals surface area contributed by atoms with Crippen molar-refractivity contribution in [2.24, 2.45) is 0 Å². The van der Waals surface area contributed by atoms with Gasteiger partial charge in [0.1, 0.15) is 0 Å². The number of rotatable bonds is 5. The minimum atomic E-state index is 0.608. The van der Waals surface area contributed by atoms with Crippen molar-refractivity contribution in [3.8, 4) is 0 Å². The van der Waals surface area contributed by atoms with E-state index >= 15 is 0 Å². The Labute approximate surface area is 102 Å². The zero-order valence-corrected chi connectivity index (χ0v) is 11.4. The Morgan fingerprint density at radius 2 is 1.93 bits per heavy atom. The van der Waals surface area contributed by atoms with Crippen LogP contribution in [0.1, 0.15) is 32.8 Å². The highest BCUT2D eigenvalue weighted by Crippen LogP contribution is 2.18. The second-order valence-electron chi connectivity index (χ2n) is 4.16. The maximum Gasteiger partial charge on any atom is 0.0247 e. The van der Waals surface area contributed by atoms with Gasteiger partial charge < -0.3 is 0 Å². The first kappa shape index (κ1) is 12.7. The van der Waals surface area contributed by atoms with Gasteiger partial charge in [0, 0.05) is 17.1 Å². The van der Waals surface area contributed by atoms with Crippen LogP contribution in [0.15, 0.2) is 28.7 Å². The summed E-state index contributed by atoms with van der Waals surface area (Å²) < 4.78 is 1.21. The molecule has 0 heterocycles. The third-order valence-corrected chi connectivity index (χ3v) is 3.35. The highest BCUT2D eigenvalue weighted by atomic mass is 79.9. The summed E-state index contributed by atoms with van der Waals surface area (Å²) in [5.41, 5.74) is 1.37. The Hall–Kier alpha value is -0.340. The molecule has 0 aliphatic heterocycles. The Balaban J connectivity index is 2.69. The maximum absolute atomic E-state index is 3.60. The van der Waals surface area contributed by atoms with Crippen molar-refractivity contribution in [2.75, 3.05) is 6.54 Å². The first-order valence-electron chi connectivity index (χ1n) is 5.62. The Bertz CT molecular complexity index is 296. The van der Waals surface area contributed by atoms with Gasteiger partial charge in [-0.2, -0.15) is 0 Å². The van der Waals surface area contributed by atoms with Crippen LogP contribution in [0.2, 0.25) is 0 Å². The molecule has 84 valence electrons. The highest BCUT2D eigenvalue weighted by molar-refractivity contribution is 9.10. The van der Waals surface area contributed by atoms with Gasteiger partial charge >= 0.3 is 0 Å². The van der Waals surface area contributed by atoms with Crippen LogP contribution in [0.25, 0.3) is 0 Å². The van der Waals surface area contributed by atoms with Crippen molar-refractivity contribution < 1.29 is 0 Å². The molecular weight excluding hydrogens is 250 g/mol. The van der Waals surface area contributed by atoms with E-state index in [0.29, 0.717) is 6.04 Å². The van der Waals surface area contributed by atoms with Gasteiger partial charge in [-0.15, -0.1) is 0 Å². The molecule has 0 radical (unpaired) electrons. The summed E-state index contributed by atoms with van der Waals surface area (Å²) in [5.74, 6) is 0. The lowest BCUT2D eigenvalue weighted by atomic mass is 10.2. The van der Waals surface area contributed by atoms with E-state index in [1.807, 2.05) is 0 Å². The molecule has 0 spiro atoms. The van der Waals surface area contributed by atoms with Crippen molar-refractivity contribution in [2.45, 2.75) is 39.8 Å². The predicted molar refractivity (Wildman–Crippen MR) is 70.0 cm³/mol. The van der Waals surface area contributed by atoms with E-state index in [-0.39, 0.29) is 0 Å². The van der Waals surface area contributed by atoms with Crippen LogP contribution < -0.4 is 0 Å². The number of nitrogens with zero attached hydrogens (tertiary/aromatic N) is 1. The second kappa shape index (κ2) is 6.29. The SMILES string of the molecule is CCCN(Cc1ccccc1Br)C(C)C. The van der Waals surface area contributed by atoms with Gasteiger partial charge in [-0.25, -0.2) is 0 Å². The third-order valence-electron chi connectivity index (χ3n) is 2.57. The standard InChI is InChI=1S/C13H20BrN/c1-4-9-15(11(2)3)10-12-7-5-6-8-13(12)14/h5-8,11H,4,9-10H2,1-3H3. The van der Waals surface area contributed by atoms with E-state index < -0.39 is 0 Å². The van der Waals surface area contributed by atoms with E-state index in [2.05, 4.69) is 65.9 Å². The molecule has 0 aromatic heterocycles. The normalized spacial score (nSPS) is 11.3. The lowest BCUT2D eigenvalue weighted by Crippen LogP contribution is -2.31. The van der Waals surface area contributed by atoms with Gasteiger partial charge in [0.15, 0.2) is 0 Å². The maximum atomic E-state index is 3.60. The molecule has 0 amide bonds. The zero-order chi connectivity index (χ0) is 11.3. The topological polar surface area (TPSA) is 3.24 Å². The molecule has 0 bridgehead atoms. The summed E-state index contributed by atoms with van der Waals surface area (Å²) in [6.45, 7) is 8.94. The van der Waals surface area contributed by atoms with Gasteiger partial charge in [0.25, 0.3) is 0 Å². The molecule has 2 heteroatoms. The van der Waals surface area contributed by atoms with Crippen LogP contribution in [-0.4, -0.2) is 17.5 Å². The largest absolute Gasteiger partial charge is 0.297 e. The first-order chi connectivity index (χ1) is 7.15. The van der Waals surface area contributed by atoms with Crippen molar-refractivity contribution in [1.29, 1.82) is 0 Å². The number of halogens is 1.